The van der Waals surface area contributed by atoms with Crippen LogP contribution >= 0.6 is 0 Å². The monoisotopic (exact) mass is 455 g/mol. The number of hydrogen-bond acceptors (Lipinski definition) is 12. The molecule has 0 spiro atoms. The number of aliphatic imine (C=N–C) groups is 1. The number of amides is 1. The maximum absolute atomic E-state index is 11.8. The van der Waals surface area contributed by atoms with Gasteiger partial charge in [0.15, 0.2) is 18.4 Å². The van der Waals surface area contributed by atoms with Crippen molar-refractivity contribution in [2.45, 2.75) is 59.2 Å². The van der Waals surface area contributed by atoms with Crippen LogP contribution in [0.3, 0.4) is 0 Å². The van der Waals surface area contributed by atoms with E-state index in [4.69, 9.17) is 23.7 Å². The van der Waals surface area contributed by atoms with E-state index in [0.29, 0.717) is 0 Å². The lowest BCUT2D eigenvalue weighted by molar-refractivity contribution is -0.167. The number of hydrogen-bond donors (Lipinski definition) is 1. The SMILES string of the molecule is CC(=O)NC1=CCN([C@@H]2O[C@@H](COC(C)=O)[C@@H](OC(C)=O)[C@@H]2OC(C)=O)C(OC(C)=O)=N1. The molecule has 13 nitrogen and oxygen atoms in total. The lowest BCUT2D eigenvalue weighted by Gasteiger charge is -2.34. The molecule has 2 aliphatic rings. The first kappa shape index (κ1) is 24.8. The van der Waals surface area contributed by atoms with Crippen LogP contribution in [0, 0.1) is 0 Å². The summed E-state index contributed by atoms with van der Waals surface area (Å²) >= 11 is 0. The Labute approximate surface area is 183 Å². The highest BCUT2D eigenvalue weighted by Gasteiger charge is 2.53. The summed E-state index contributed by atoms with van der Waals surface area (Å²) in [5.41, 5.74) is 0. The molecule has 0 aromatic carbocycles. The molecule has 0 unspecified atom stereocenters. The number of amidine groups is 1. The maximum atomic E-state index is 11.8. The van der Waals surface area contributed by atoms with Crippen molar-refractivity contribution in [3.05, 3.63) is 11.9 Å². The predicted molar refractivity (Wildman–Crippen MR) is 104 cm³/mol. The van der Waals surface area contributed by atoms with Gasteiger partial charge in [0, 0.05) is 41.2 Å². The van der Waals surface area contributed by atoms with Crippen LogP contribution in [0.5, 0.6) is 0 Å². The summed E-state index contributed by atoms with van der Waals surface area (Å²) in [6.45, 7) is 5.69. The van der Waals surface area contributed by atoms with Gasteiger partial charge in [-0.1, -0.05) is 0 Å². The number of esters is 4. The Kier molecular flexibility index (Phi) is 8.29. The third kappa shape index (κ3) is 6.77. The van der Waals surface area contributed by atoms with E-state index in [9.17, 15) is 24.0 Å². The van der Waals surface area contributed by atoms with Crippen molar-refractivity contribution in [3.8, 4) is 0 Å². The highest BCUT2D eigenvalue weighted by molar-refractivity contribution is 5.88. The van der Waals surface area contributed by atoms with Gasteiger partial charge in [-0.05, 0) is 6.08 Å². The molecule has 1 saturated heterocycles. The van der Waals surface area contributed by atoms with Gasteiger partial charge >= 0.3 is 29.9 Å². The van der Waals surface area contributed by atoms with Crippen molar-refractivity contribution in [2.24, 2.45) is 4.99 Å². The summed E-state index contributed by atoms with van der Waals surface area (Å²) in [5, 5.41) is 2.48. The van der Waals surface area contributed by atoms with Gasteiger partial charge in [0.05, 0.1) is 0 Å². The molecule has 1 fully saturated rings. The van der Waals surface area contributed by atoms with Gasteiger partial charge in [0.1, 0.15) is 18.5 Å². The average molecular weight is 455 g/mol. The first-order valence-electron chi connectivity index (χ1n) is 9.62. The Morgan fingerprint density at radius 2 is 1.62 bits per heavy atom. The molecule has 0 aromatic heterocycles. The molecule has 2 aliphatic heterocycles. The van der Waals surface area contributed by atoms with E-state index in [2.05, 4.69) is 10.3 Å². The summed E-state index contributed by atoms with van der Waals surface area (Å²) in [4.78, 5) is 63.1. The highest BCUT2D eigenvalue weighted by atomic mass is 16.7. The van der Waals surface area contributed by atoms with Gasteiger partial charge in [0.2, 0.25) is 5.91 Å². The molecule has 2 rings (SSSR count). The van der Waals surface area contributed by atoms with E-state index < -0.39 is 48.4 Å². The molecule has 13 heteroatoms. The van der Waals surface area contributed by atoms with Crippen LogP contribution in [0.2, 0.25) is 0 Å². The number of nitrogens with one attached hydrogen (secondary N) is 1. The van der Waals surface area contributed by atoms with Crippen molar-refractivity contribution in [1.29, 1.82) is 0 Å². The average Bonchev–Trinajstić information content (AvgIpc) is 2.95. The molecule has 4 atom stereocenters. The first-order valence-corrected chi connectivity index (χ1v) is 9.62. The quantitative estimate of drug-likeness (QED) is 0.400. The van der Waals surface area contributed by atoms with E-state index in [1.54, 1.807) is 0 Å². The lowest BCUT2D eigenvalue weighted by atomic mass is 10.1. The second-order valence-corrected chi connectivity index (χ2v) is 6.93. The highest BCUT2D eigenvalue weighted by Crippen LogP contribution is 2.31. The Morgan fingerprint density at radius 1 is 1.00 bits per heavy atom. The molecule has 0 bridgehead atoms. The van der Waals surface area contributed by atoms with Gasteiger partial charge < -0.3 is 29.0 Å². The topological polar surface area (TPSA) is 159 Å². The number of carbonyl (C=O) groups is 5. The third-order valence-electron chi connectivity index (χ3n) is 4.13. The van der Waals surface area contributed by atoms with Crippen LogP contribution in [0.1, 0.15) is 34.6 Å². The van der Waals surface area contributed by atoms with Crippen LogP contribution in [0.15, 0.2) is 16.9 Å². The van der Waals surface area contributed by atoms with Crippen LogP contribution in [0.25, 0.3) is 0 Å². The number of nitrogens with zero attached hydrogens (tertiary/aromatic N) is 2. The van der Waals surface area contributed by atoms with Crippen LogP contribution < -0.4 is 5.32 Å². The smallest absolute Gasteiger partial charge is 0.310 e. The summed E-state index contributed by atoms with van der Waals surface area (Å²) < 4.78 is 26.7. The molecular formula is C19H25N3O10. The Balaban J connectivity index is 2.40. The molecule has 2 heterocycles. The fourth-order valence-electron chi connectivity index (χ4n) is 3.10. The van der Waals surface area contributed by atoms with Crippen LogP contribution in [-0.2, 0) is 47.7 Å². The Morgan fingerprint density at radius 3 is 2.16 bits per heavy atom. The zero-order valence-electron chi connectivity index (χ0n) is 18.3. The Hall–Kier alpha value is -3.48. The molecule has 1 N–H and O–H groups in total. The minimum Gasteiger partial charge on any atom is -0.463 e. The number of ether oxygens (including phenoxy) is 5. The fraction of sp³-hybridized carbons (Fsp3) is 0.579. The van der Waals surface area contributed by atoms with Crippen molar-refractivity contribution >= 4 is 35.8 Å². The fourth-order valence-corrected chi connectivity index (χ4v) is 3.10. The minimum absolute atomic E-state index is 0.0250. The van der Waals surface area contributed by atoms with Crippen molar-refractivity contribution < 1.29 is 47.7 Å². The van der Waals surface area contributed by atoms with E-state index in [-0.39, 0.29) is 30.9 Å². The summed E-state index contributed by atoms with van der Waals surface area (Å²) in [7, 11) is 0. The maximum Gasteiger partial charge on any atom is 0.310 e. The molecule has 1 amide bonds. The normalized spacial score (nSPS) is 24.6. The summed E-state index contributed by atoms with van der Waals surface area (Å²) in [5.74, 6) is -2.91. The van der Waals surface area contributed by atoms with Gasteiger partial charge in [-0.15, -0.1) is 0 Å². The molecular weight excluding hydrogens is 430 g/mol. The van der Waals surface area contributed by atoms with E-state index >= 15 is 0 Å². The van der Waals surface area contributed by atoms with Crippen molar-refractivity contribution in [1.82, 2.24) is 10.2 Å². The van der Waals surface area contributed by atoms with Crippen molar-refractivity contribution in [3.63, 3.8) is 0 Å². The van der Waals surface area contributed by atoms with E-state index in [0.717, 1.165) is 20.8 Å². The third-order valence-corrected chi connectivity index (χ3v) is 4.13. The second-order valence-electron chi connectivity index (χ2n) is 6.93. The van der Waals surface area contributed by atoms with Crippen LogP contribution in [-0.4, -0.2) is 78.4 Å². The Bertz CT molecular complexity index is 852. The molecule has 0 saturated carbocycles. The van der Waals surface area contributed by atoms with Crippen LogP contribution in [0.4, 0.5) is 0 Å². The van der Waals surface area contributed by atoms with E-state index in [1.165, 1.54) is 24.8 Å². The number of rotatable bonds is 6. The molecule has 176 valence electrons. The molecule has 0 radical (unpaired) electrons. The van der Waals surface area contributed by atoms with Gasteiger partial charge in [-0.3, -0.25) is 28.9 Å². The predicted octanol–water partition coefficient (Wildman–Crippen LogP) is -0.650. The van der Waals surface area contributed by atoms with E-state index in [1.807, 2.05) is 0 Å². The largest absolute Gasteiger partial charge is 0.463 e. The standard InChI is InChI=1S/C19H25N3O10/c1-9(23)20-15-6-7-22(19(21-15)31-13(5)27)18-17(30-12(4)26)16(29-11(3)25)14(32-18)8-28-10(2)24/h6,14,16-18H,7-8H2,1-5H3,(H,20,23)/t14-,16+,17-,18+/m0/s1. The summed E-state index contributed by atoms with van der Waals surface area (Å²) in [6, 6.07) is -0.236. The van der Waals surface area contributed by atoms with Gasteiger partial charge in [0.25, 0.3) is 0 Å². The summed E-state index contributed by atoms with van der Waals surface area (Å²) in [6.07, 6.45) is -2.90. The lowest BCUT2D eigenvalue weighted by Crippen LogP contribution is -2.52. The second kappa shape index (κ2) is 10.7. The van der Waals surface area contributed by atoms with Crippen molar-refractivity contribution in [2.75, 3.05) is 13.2 Å². The molecule has 0 aliphatic carbocycles. The molecule has 0 aromatic rings. The zero-order chi connectivity index (χ0) is 24.0. The molecule has 32 heavy (non-hydrogen) atoms. The van der Waals surface area contributed by atoms with Gasteiger partial charge in [-0.2, -0.15) is 4.99 Å². The minimum atomic E-state index is -1.17. The zero-order valence-corrected chi connectivity index (χ0v) is 18.3. The first-order chi connectivity index (χ1) is 15.0. The number of carbonyl (C=O) groups excluding carboxylic acids is 5. The van der Waals surface area contributed by atoms with Gasteiger partial charge in [-0.25, -0.2) is 0 Å².